The lowest BCUT2D eigenvalue weighted by Gasteiger charge is -2.07. The number of fused-ring (bicyclic) bond motifs is 1. The molecular formula is C14H13N3OS2. The zero-order valence-electron chi connectivity index (χ0n) is 11.2. The van der Waals surface area contributed by atoms with Gasteiger partial charge in [-0.1, -0.05) is 23.9 Å². The summed E-state index contributed by atoms with van der Waals surface area (Å²) < 4.78 is 2.63. The van der Waals surface area contributed by atoms with Gasteiger partial charge in [-0.3, -0.25) is 9.36 Å². The van der Waals surface area contributed by atoms with E-state index in [4.69, 9.17) is 0 Å². The molecule has 0 radical (unpaired) electrons. The molecule has 0 N–H and O–H groups in total. The first-order valence-corrected chi connectivity index (χ1v) is 8.01. The average Bonchev–Trinajstić information content (AvgIpc) is 2.87. The van der Waals surface area contributed by atoms with Gasteiger partial charge >= 0.3 is 0 Å². The molecule has 20 heavy (non-hydrogen) atoms. The van der Waals surface area contributed by atoms with Crippen LogP contribution < -0.4 is 5.56 Å². The predicted molar refractivity (Wildman–Crippen MR) is 83.4 cm³/mol. The number of benzene rings is 1. The van der Waals surface area contributed by atoms with Crippen LogP contribution in [0, 0.1) is 6.92 Å². The summed E-state index contributed by atoms with van der Waals surface area (Å²) in [5.74, 6) is 1.41. The highest BCUT2D eigenvalue weighted by atomic mass is 32.2. The van der Waals surface area contributed by atoms with E-state index in [1.807, 2.05) is 36.6 Å². The lowest BCUT2D eigenvalue weighted by atomic mass is 10.2. The molecule has 0 saturated carbocycles. The molecular weight excluding hydrogens is 290 g/mol. The number of aromatic nitrogens is 3. The van der Waals surface area contributed by atoms with Crippen LogP contribution in [0.4, 0.5) is 0 Å². The highest BCUT2D eigenvalue weighted by molar-refractivity contribution is 8.00. The fourth-order valence-corrected chi connectivity index (χ4v) is 3.75. The zero-order valence-corrected chi connectivity index (χ0v) is 12.8. The van der Waals surface area contributed by atoms with Crippen molar-refractivity contribution in [1.29, 1.82) is 0 Å². The molecule has 0 aliphatic rings. The predicted octanol–water partition coefficient (Wildman–Crippen LogP) is 2.99. The Balaban J connectivity index is 1.95. The molecule has 102 valence electrons. The van der Waals surface area contributed by atoms with Gasteiger partial charge in [-0.05, 0) is 19.1 Å². The lowest BCUT2D eigenvalue weighted by Crippen LogP contribution is -2.21. The van der Waals surface area contributed by atoms with Crippen LogP contribution in [-0.2, 0) is 12.8 Å². The van der Waals surface area contributed by atoms with E-state index >= 15 is 0 Å². The smallest absolute Gasteiger partial charge is 0.261 e. The van der Waals surface area contributed by atoms with Crippen LogP contribution in [0.25, 0.3) is 10.9 Å². The number of nitrogens with zero attached hydrogens (tertiary/aromatic N) is 3. The Labute approximate surface area is 124 Å². The molecule has 0 aliphatic carbocycles. The minimum atomic E-state index is 0.00141. The van der Waals surface area contributed by atoms with Crippen molar-refractivity contribution in [2.24, 2.45) is 7.05 Å². The Morgan fingerprint density at radius 3 is 2.85 bits per heavy atom. The number of aryl methyl sites for hydroxylation is 1. The lowest BCUT2D eigenvalue weighted by molar-refractivity contribution is 0.785. The van der Waals surface area contributed by atoms with Crippen LogP contribution in [0.3, 0.4) is 0 Å². The van der Waals surface area contributed by atoms with Crippen LogP contribution in [0.2, 0.25) is 0 Å². The molecule has 0 aliphatic heterocycles. The number of hydrogen-bond donors (Lipinski definition) is 0. The van der Waals surface area contributed by atoms with E-state index in [1.165, 1.54) is 0 Å². The van der Waals surface area contributed by atoms with E-state index in [0.29, 0.717) is 11.1 Å². The molecule has 3 aromatic rings. The molecule has 0 fully saturated rings. The molecule has 1 aromatic carbocycles. The quantitative estimate of drug-likeness (QED) is 0.698. The van der Waals surface area contributed by atoms with Gasteiger partial charge in [0.25, 0.3) is 5.56 Å². The van der Waals surface area contributed by atoms with Crippen molar-refractivity contribution < 1.29 is 0 Å². The Hall–Kier alpha value is -1.66. The van der Waals surface area contributed by atoms with Crippen molar-refractivity contribution in [3.63, 3.8) is 0 Å². The summed E-state index contributed by atoms with van der Waals surface area (Å²) in [7, 11) is 1.77. The van der Waals surface area contributed by atoms with Crippen molar-refractivity contribution in [3.8, 4) is 0 Å². The maximum absolute atomic E-state index is 12.3. The van der Waals surface area contributed by atoms with Gasteiger partial charge < -0.3 is 0 Å². The third-order valence-electron chi connectivity index (χ3n) is 3.00. The van der Waals surface area contributed by atoms with Gasteiger partial charge in [0.15, 0.2) is 4.34 Å². The first-order valence-electron chi connectivity index (χ1n) is 6.15. The minimum Gasteiger partial charge on any atom is -0.299 e. The van der Waals surface area contributed by atoms with Crippen LogP contribution in [0.1, 0.15) is 11.5 Å². The van der Waals surface area contributed by atoms with Crippen molar-refractivity contribution in [2.75, 3.05) is 0 Å². The Bertz CT molecular complexity index is 823. The highest BCUT2D eigenvalue weighted by Crippen LogP contribution is 2.25. The van der Waals surface area contributed by atoms with Gasteiger partial charge in [0, 0.05) is 18.1 Å². The fraction of sp³-hybridized carbons (Fsp3) is 0.214. The Morgan fingerprint density at radius 1 is 1.30 bits per heavy atom. The number of hydrogen-bond acceptors (Lipinski definition) is 5. The second-order valence-electron chi connectivity index (χ2n) is 4.45. The Morgan fingerprint density at radius 2 is 2.10 bits per heavy atom. The molecule has 4 nitrogen and oxygen atoms in total. The molecule has 2 aromatic heterocycles. The third kappa shape index (κ3) is 2.48. The van der Waals surface area contributed by atoms with Gasteiger partial charge in [0.05, 0.1) is 16.7 Å². The van der Waals surface area contributed by atoms with Crippen molar-refractivity contribution in [1.82, 2.24) is 14.5 Å². The minimum absolute atomic E-state index is 0.00141. The first kappa shape index (κ1) is 13.3. The van der Waals surface area contributed by atoms with Crippen molar-refractivity contribution >= 4 is 34.0 Å². The monoisotopic (exact) mass is 303 g/mol. The molecule has 0 atom stereocenters. The van der Waals surface area contributed by atoms with Gasteiger partial charge in [0.2, 0.25) is 0 Å². The highest BCUT2D eigenvalue weighted by Gasteiger charge is 2.09. The first-order chi connectivity index (χ1) is 9.65. The summed E-state index contributed by atoms with van der Waals surface area (Å²) in [5, 5.41) is 2.68. The number of rotatable bonds is 3. The third-order valence-corrected chi connectivity index (χ3v) is 5.13. The standard InChI is InChI=1S/C14H13N3OS2/c1-9-7-19-14(15-9)20-8-12-16-11-6-4-3-5-10(11)13(18)17(12)2/h3-7H,8H2,1-2H3. The maximum atomic E-state index is 12.3. The van der Waals surface area contributed by atoms with E-state index in [0.717, 1.165) is 21.4 Å². The van der Waals surface area contributed by atoms with Crippen LogP contribution >= 0.6 is 23.1 Å². The summed E-state index contributed by atoms with van der Waals surface area (Å²) in [6.45, 7) is 1.98. The van der Waals surface area contributed by atoms with E-state index in [-0.39, 0.29) is 5.56 Å². The number of para-hydroxylation sites is 1. The van der Waals surface area contributed by atoms with Crippen LogP contribution in [-0.4, -0.2) is 14.5 Å². The van der Waals surface area contributed by atoms with Crippen LogP contribution in [0.5, 0.6) is 0 Å². The van der Waals surface area contributed by atoms with Crippen molar-refractivity contribution in [3.05, 3.63) is 51.5 Å². The Kier molecular flexibility index (Phi) is 3.58. The van der Waals surface area contributed by atoms with Crippen LogP contribution in [0.15, 0.2) is 38.8 Å². The fourth-order valence-electron chi connectivity index (χ4n) is 1.92. The van der Waals surface area contributed by atoms with E-state index in [9.17, 15) is 4.79 Å². The molecule has 0 bridgehead atoms. The van der Waals surface area contributed by atoms with Gasteiger partial charge in [-0.2, -0.15) is 0 Å². The second-order valence-corrected chi connectivity index (χ2v) is 6.53. The summed E-state index contributed by atoms with van der Waals surface area (Å²) in [4.78, 5) is 21.2. The zero-order chi connectivity index (χ0) is 14.1. The number of thioether (sulfide) groups is 1. The summed E-state index contributed by atoms with van der Waals surface area (Å²) in [6.07, 6.45) is 0. The normalized spacial score (nSPS) is 11.1. The molecule has 0 spiro atoms. The number of thiazole rings is 1. The molecule has 0 amide bonds. The topological polar surface area (TPSA) is 47.8 Å². The summed E-state index contributed by atoms with van der Waals surface area (Å²) in [6, 6.07) is 7.44. The average molecular weight is 303 g/mol. The summed E-state index contributed by atoms with van der Waals surface area (Å²) in [5.41, 5.74) is 1.78. The molecule has 0 saturated heterocycles. The largest absolute Gasteiger partial charge is 0.299 e. The van der Waals surface area contributed by atoms with Crippen molar-refractivity contribution in [2.45, 2.75) is 17.0 Å². The van der Waals surface area contributed by atoms with Gasteiger partial charge in [-0.25, -0.2) is 9.97 Å². The molecule has 2 heterocycles. The van der Waals surface area contributed by atoms with E-state index in [2.05, 4.69) is 9.97 Å². The van der Waals surface area contributed by atoms with Gasteiger partial charge in [-0.15, -0.1) is 11.3 Å². The molecule has 0 unspecified atom stereocenters. The van der Waals surface area contributed by atoms with Gasteiger partial charge in [0.1, 0.15) is 5.82 Å². The maximum Gasteiger partial charge on any atom is 0.261 e. The van der Waals surface area contributed by atoms with E-state index in [1.54, 1.807) is 34.7 Å². The second kappa shape index (κ2) is 5.38. The summed E-state index contributed by atoms with van der Waals surface area (Å²) >= 11 is 3.23. The SMILES string of the molecule is Cc1csc(SCc2nc3ccccc3c(=O)n2C)n1. The molecule has 3 rings (SSSR count). The molecule has 6 heteroatoms. The van der Waals surface area contributed by atoms with E-state index < -0.39 is 0 Å².